The second-order valence-corrected chi connectivity index (χ2v) is 6.79. The van der Waals surface area contributed by atoms with Crippen LogP contribution in [-0.4, -0.2) is 35.1 Å². The summed E-state index contributed by atoms with van der Waals surface area (Å²) < 4.78 is 6.32. The van der Waals surface area contributed by atoms with Crippen LogP contribution in [0.1, 0.15) is 39.0 Å². The number of aromatic nitrogens is 2. The van der Waals surface area contributed by atoms with E-state index in [0.29, 0.717) is 12.1 Å². The summed E-state index contributed by atoms with van der Waals surface area (Å²) in [5, 5.41) is 11.9. The van der Waals surface area contributed by atoms with E-state index in [4.69, 9.17) is 4.74 Å². The number of thioether (sulfide) groups is 1. The van der Waals surface area contributed by atoms with Gasteiger partial charge in [0, 0.05) is 11.4 Å². The van der Waals surface area contributed by atoms with Gasteiger partial charge < -0.3 is 10.1 Å². The minimum atomic E-state index is 0.343. The highest BCUT2D eigenvalue weighted by Crippen LogP contribution is 2.36. The van der Waals surface area contributed by atoms with Gasteiger partial charge in [0.2, 0.25) is 0 Å². The van der Waals surface area contributed by atoms with Crippen LogP contribution < -0.4 is 10.1 Å². The summed E-state index contributed by atoms with van der Waals surface area (Å²) in [6.07, 6.45) is 10.2. The fourth-order valence-corrected chi connectivity index (χ4v) is 3.89. The van der Waals surface area contributed by atoms with Gasteiger partial charge in [0.25, 0.3) is 0 Å². The SMILES string of the molecule is CCCN[C@H]1CC[C@@H](Oc2ccc3[nH]ncc3c2SC)CC1. The molecule has 0 atom stereocenters. The van der Waals surface area contributed by atoms with E-state index in [-0.39, 0.29) is 0 Å². The third-order valence-electron chi connectivity index (χ3n) is 4.39. The summed E-state index contributed by atoms with van der Waals surface area (Å²) in [6, 6.07) is 4.82. The van der Waals surface area contributed by atoms with Gasteiger partial charge in [0.1, 0.15) is 5.75 Å². The van der Waals surface area contributed by atoms with Crippen LogP contribution in [0, 0.1) is 0 Å². The predicted molar refractivity (Wildman–Crippen MR) is 92.8 cm³/mol. The summed E-state index contributed by atoms with van der Waals surface area (Å²) in [4.78, 5) is 1.19. The fourth-order valence-electron chi connectivity index (χ4n) is 3.19. The van der Waals surface area contributed by atoms with Crippen LogP contribution >= 0.6 is 11.8 Å². The van der Waals surface area contributed by atoms with Crippen LogP contribution in [0.15, 0.2) is 23.2 Å². The largest absolute Gasteiger partial charge is 0.489 e. The number of rotatable bonds is 6. The molecule has 0 bridgehead atoms. The van der Waals surface area contributed by atoms with Gasteiger partial charge in [-0.15, -0.1) is 11.8 Å². The molecule has 0 saturated heterocycles. The third-order valence-corrected chi connectivity index (χ3v) is 5.22. The lowest BCUT2D eigenvalue weighted by molar-refractivity contribution is 0.137. The Labute approximate surface area is 136 Å². The lowest BCUT2D eigenvalue weighted by atomic mass is 9.93. The molecule has 0 aliphatic heterocycles. The number of aromatic amines is 1. The van der Waals surface area contributed by atoms with Gasteiger partial charge in [-0.2, -0.15) is 5.10 Å². The Morgan fingerprint density at radius 3 is 2.86 bits per heavy atom. The van der Waals surface area contributed by atoms with E-state index >= 15 is 0 Å². The number of H-pyrrole nitrogens is 1. The number of hydrogen-bond acceptors (Lipinski definition) is 4. The first-order valence-electron chi connectivity index (χ1n) is 8.22. The Hall–Kier alpha value is -1.20. The van der Waals surface area contributed by atoms with Crippen LogP contribution in [0.2, 0.25) is 0 Å². The molecule has 0 spiro atoms. The van der Waals surface area contributed by atoms with Gasteiger partial charge >= 0.3 is 0 Å². The molecule has 1 aliphatic carbocycles. The number of ether oxygens (including phenoxy) is 1. The summed E-state index contributed by atoms with van der Waals surface area (Å²) in [7, 11) is 0. The maximum atomic E-state index is 6.32. The van der Waals surface area contributed by atoms with Crippen LogP contribution in [0.5, 0.6) is 5.75 Å². The third kappa shape index (κ3) is 3.41. The molecule has 0 radical (unpaired) electrons. The Bertz CT molecular complexity index is 605. The van der Waals surface area contributed by atoms with Crippen molar-refractivity contribution in [3.8, 4) is 5.75 Å². The van der Waals surface area contributed by atoms with Gasteiger partial charge in [-0.25, -0.2) is 0 Å². The maximum Gasteiger partial charge on any atom is 0.134 e. The Balaban J connectivity index is 1.64. The average molecular weight is 319 g/mol. The molecule has 2 aromatic rings. The number of nitrogens with zero attached hydrogens (tertiary/aromatic N) is 1. The second-order valence-electron chi connectivity index (χ2n) is 5.97. The average Bonchev–Trinajstić information content (AvgIpc) is 3.02. The Kier molecular flexibility index (Phi) is 5.26. The van der Waals surface area contributed by atoms with E-state index in [0.717, 1.165) is 36.0 Å². The predicted octanol–water partition coefficient (Wildman–Crippen LogP) is 3.97. The van der Waals surface area contributed by atoms with Crippen LogP contribution in [0.4, 0.5) is 0 Å². The molecule has 1 aliphatic rings. The fraction of sp³-hybridized carbons (Fsp3) is 0.588. The molecular formula is C17H25N3OS. The first-order chi connectivity index (χ1) is 10.8. The highest BCUT2D eigenvalue weighted by molar-refractivity contribution is 7.99. The second kappa shape index (κ2) is 7.38. The van der Waals surface area contributed by atoms with E-state index in [1.165, 1.54) is 24.2 Å². The molecule has 0 unspecified atom stereocenters. The molecular weight excluding hydrogens is 294 g/mol. The molecule has 1 saturated carbocycles. The monoisotopic (exact) mass is 319 g/mol. The standard InChI is InChI=1S/C17H25N3OS/c1-3-10-18-12-4-6-13(7-5-12)21-16-9-8-15-14(11-19-20-15)17(16)22-2/h8-9,11-13,18H,3-7,10H2,1-2H3,(H,19,20)/t12-,13+. The van der Waals surface area contributed by atoms with Crippen LogP contribution in [0.25, 0.3) is 10.9 Å². The molecule has 3 rings (SSSR count). The molecule has 5 heteroatoms. The molecule has 120 valence electrons. The van der Waals surface area contributed by atoms with Gasteiger partial charge in [-0.05, 0) is 57.0 Å². The van der Waals surface area contributed by atoms with Crippen molar-refractivity contribution < 1.29 is 4.74 Å². The molecule has 22 heavy (non-hydrogen) atoms. The van der Waals surface area contributed by atoms with E-state index in [9.17, 15) is 0 Å². The number of fused-ring (bicyclic) bond motifs is 1. The molecule has 0 amide bonds. The molecule has 1 fully saturated rings. The topological polar surface area (TPSA) is 49.9 Å². The smallest absolute Gasteiger partial charge is 0.134 e. The summed E-state index contributed by atoms with van der Waals surface area (Å²) in [5.74, 6) is 1.01. The van der Waals surface area contributed by atoms with Gasteiger partial charge in [-0.1, -0.05) is 6.92 Å². The first-order valence-corrected chi connectivity index (χ1v) is 9.44. The van der Waals surface area contributed by atoms with Crippen LogP contribution in [0.3, 0.4) is 0 Å². The van der Waals surface area contributed by atoms with Crippen molar-refractivity contribution in [3.05, 3.63) is 18.3 Å². The van der Waals surface area contributed by atoms with Crippen LogP contribution in [-0.2, 0) is 0 Å². The van der Waals surface area contributed by atoms with E-state index in [1.54, 1.807) is 11.8 Å². The van der Waals surface area contributed by atoms with Crippen molar-refractivity contribution in [1.29, 1.82) is 0 Å². The quantitative estimate of drug-likeness (QED) is 0.791. The molecule has 4 nitrogen and oxygen atoms in total. The highest BCUT2D eigenvalue weighted by Gasteiger charge is 2.23. The minimum absolute atomic E-state index is 0.343. The van der Waals surface area contributed by atoms with E-state index in [2.05, 4.69) is 40.8 Å². The van der Waals surface area contributed by atoms with Crippen molar-refractivity contribution in [2.24, 2.45) is 0 Å². The van der Waals surface area contributed by atoms with Gasteiger partial charge in [0.05, 0.1) is 22.7 Å². The number of benzene rings is 1. The lowest BCUT2D eigenvalue weighted by Gasteiger charge is -2.30. The highest BCUT2D eigenvalue weighted by atomic mass is 32.2. The van der Waals surface area contributed by atoms with E-state index in [1.807, 2.05) is 6.20 Å². The molecule has 1 aromatic heterocycles. The van der Waals surface area contributed by atoms with Crippen molar-refractivity contribution in [2.75, 3.05) is 12.8 Å². The zero-order chi connectivity index (χ0) is 15.4. The lowest BCUT2D eigenvalue weighted by Crippen LogP contribution is -2.36. The molecule has 2 N–H and O–H groups in total. The van der Waals surface area contributed by atoms with Crippen molar-refractivity contribution >= 4 is 22.7 Å². The zero-order valence-corrected chi connectivity index (χ0v) is 14.2. The van der Waals surface area contributed by atoms with Crippen molar-refractivity contribution in [3.63, 3.8) is 0 Å². The normalized spacial score (nSPS) is 22.1. The van der Waals surface area contributed by atoms with Crippen molar-refractivity contribution in [2.45, 2.75) is 56.1 Å². The minimum Gasteiger partial charge on any atom is -0.489 e. The number of nitrogens with one attached hydrogen (secondary N) is 2. The Morgan fingerprint density at radius 2 is 2.14 bits per heavy atom. The van der Waals surface area contributed by atoms with E-state index < -0.39 is 0 Å². The van der Waals surface area contributed by atoms with Gasteiger partial charge in [0.15, 0.2) is 0 Å². The van der Waals surface area contributed by atoms with Gasteiger partial charge in [-0.3, -0.25) is 5.10 Å². The molecule has 1 aromatic carbocycles. The summed E-state index contributed by atoms with van der Waals surface area (Å²) in [6.45, 7) is 3.35. The first kappa shape index (κ1) is 15.7. The molecule has 1 heterocycles. The Morgan fingerprint density at radius 1 is 1.32 bits per heavy atom. The number of hydrogen-bond donors (Lipinski definition) is 2. The van der Waals surface area contributed by atoms with Crippen molar-refractivity contribution in [1.82, 2.24) is 15.5 Å². The zero-order valence-electron chi connectivity index (χ0n) is 13.4. The summed E-state index contributed by atoms with van der Waals surface area (Å²) >= 11 is 1.73. The maximum absolute atomic E-state index is 6.32. The summed E-state index contributed by atoms with van der Waals surface area (Å²) in [5.41, 5.74) is 1.07.